The van der Waals surface area contributed by atoms with E-state index in [1.807, 2.05) is 60.7 Å². The number of halogens is 1. The summed E-state index contributed by atoms with van der Waals surface area (Å²) in [7, 11) is 4.90. The second-order valence-corrected chi connectivity index (χ2v) is 25.2. The second-order valence-electron chi connectivity index (χ2n) is 25.2. The second kappa shape index (κ2) is 37.8. The third-order valence-electron chi connectivity index (χ3n) is 15.1. The molecule has 0 bridgehead atoms. The van der Waals surface area contributed by atoms with Gasteiger partial charge in [-0.05, 0) is 123 Å². The zero-order chi connectivity index (χ0) is 73.3. The number of benzene rings is 2. The average molecular weight is 1450 g/mol. The first-order chi connectivity index (χ1) is 48.0. The van der Waals surface area contributed by atoms with Crippen molar-refractivity contribution in [3.8, 4) is 23.5 Å². The number of pyridine rings is 4. The molecule has 34 heteroatoms. The molecule has 6 N–H and O–H groups in total. The Morgan fingerprint density at radius 3 is 1.36 bits per heavy atom. The molecule has 0 saturated carbocycles. The van der Waals surface area contributed by atoms with Crippen LogP contribution in [0.25, 0.3) is 0 Å². The first kappa shape index (κ1) is 83.7. The van der Waals surface area contributed by atoms with Crippen molar-refractivity contribution < 1.29 is 99.9 Å². The van der Waals surface area contributed by atoms with Crippen LogP contribution in [0.4, 0.5) is 26.7 Å². The van der Waals surface area contributed by atoms with E-state index in [1.54, 1.807) is 170 Å². The monoisotopic (exact) mass is 1450 g/mol. The van der Waals surface area contributed by atoms with E-state index in [1.165, 1.54) is 14.7 Å². The number of carbonyl (C=O) groups is 7. The van der Waals surface area contributed by atoms with E-state index < -0.39 is 71.8 Å². The average Bonchev–Trinajstić information content (AvgIpc) is 1.65. The van der Waals surface area contributed by atoms with Crippen LogP contribution in [0.1, 0.15) is 114 Å². The van der Waals surface area contributed by atoms with Gasteiger partial charge in [-0.2, -0.15) is 6.29 Å². The van der Waals surface area contributed by atoms with Crippen LogP contribution < -0.4 is 74.2 Å². The number of nitrogens with two attached hydrogens (primary N) is 1. The Bertz CT molecular complexity index is 4200. The molecular weight excluding hydrogens is 1370 g/mol. The molecule has 6 amide bonds. The topological polar surface area (TPSA) is 423 Å². The number of likely N-dealkylation sites (N-methyl/N-ethyl adjacent to an activating group) is 3. The number of hydrogen-bond acceptors (Lipinski definition) is 26. The van der Waals surface area contributed by atoms with Crippen LogP contribution in [-0.2, 0) is 52.7 Å². The number of anilines is 3. The molecular formula is C70H82ClLiN15O17-. The maximum Gasteiger partial charge on any atom is 1.00 e. The Kier molecular flexibility index (Phi) is 30.5. The molecule has 8 aromatic rings. The predicted molar refractivity (Wildman–Crippen MR) is 373 cm³/mol. The fraction of sp³-hybridized carbons (Fsp3) is 0.371. The fourth-order valence-electron chi connectivity index (χ4n) is 9.94. The minimum Gasteiger partial charge on any atom is -0.870 e. The van der Waals surface area contributed by atoms with Crippen molar-refractivity contribution in [2.24, 2.45) is 5.73 Å². The van der Waals surface area contributed by atoms with Gasteiger partial charge >= 0.3 is 42.8 Å². The summed E-state index contributed by atoms with van der Waals surface area (Å²) in [6, 6.07) is 30.1. The van der Waals surface area contributed by atoms with Gasteiger partial charge in [-0.15, -0.1) is 32.8 Å². The quantitative estimate of drug-likeness (QED) is 0.118. The van der Waals surface area contributed by atoms with Gasteiger partial charge in [-0.1, -0.05) is 66.7 Å². The number of fused-ring (bicyclic) bond motifs is 4. The maximum absolute atomic E-state index is 12.9. The standard InChI is InChI=1S/C20H19N5O4.C15H21N3O4.C15H20N2O4.C10H13N3O2.C10H7N2O2.ClH.Li.H2O/c1-12-16(20(27)25(2)14-9-6-10-21-18(14)28-12)22-17(26)19-24-23-15(29-19)11-13-7-4-3-5-8-13;1-9-11(17-14(20)22-15(2,3)4)13(19)18(5)10-7-6-8-16-12(10)21-9;1-9-12(17-14(19)21-15(2,3)4)11(18)8-10-6-5-7-16-13(10)20-9;1-6-8(11)10(14)13(2)7-4-3-5-12-9(7)15-6;13-7-10-12-11-9(14-10)6-8-4-2-1-3-5-8;;;/h3-10,12,16H,11H2,1-2H3,(H,22,26);6-9,11H,1-5H3,(H,17,20);5-7,9,12H,8H2,1-4H3,(H,17,19);3-6,8H,11H2,1-2H3;1-5H,6H2;1H;;1H2/q;;;;-1;;+1;/p-1/t12-,16+;9-,11+;9-,12+;6-,8+;;;;/m1111..../s1. The number of carbonyl (C=O) groups excluding carboxylic acids is 8. The number of ketones is 1. The molecule has 0 fully saturated rings. The Hall–Kier alpha value is -10.9. The summed E-state index contributed by atoms with van der Waals surface area (Å²) in [5.41, 5.74) is 9.01. The Morgan fingerprint density at radius 1 is 0.519 bits per heavy atom. The molecule has 0 aliphatic carbocycles. The van der Waals surface area contributed by atoms with Crippen LogP contribution >= 0.6 is 12.4 Å². The van der Waals surface area contributed by atoms with E-state index in [0.717, 1.165) is 16.7 Å². The van der Waals surface area contributed by atoms with Crippen molar-refractivity contribution in [2.45, 2.75) is 148 Å². The van der Waals surface area contributed by atoms with Gasteiger partial charge in [0.15, 0.2) is 5.78 Å². The van der Waals surface area contributed by atoms with Crippen LogP contribution in [-0.4, -0.2) is 175 Å². The minimum absolute atomic E-state index is 0. The van der Waals surface area contributed by atoms with Crippen LogP contribution in [0.15, 0.2) is 143 Å². The SMILES string of the molecule is C[C@H]1Oc2ncccc2CC(=O)[C@H]1NC(=O)OC(C)(C)C.C[C@H]1Oc2ncccc2N(C)C(=O)[C@H]1N.C[C@H]1Oc2ncccc2N(C)C(=O)[C@H]1NC(=O)OC(C)(C)C.C[C@H]1Oc2ncccc2N(C)C(=O)[C@H]1NC(=O)c1nnc(Cc2ccccc2)o1.Cl.O=[C-]c1nnc(Cc2ccccc2)o1.[Li+].[OH-]. The number of Topliss-reactive ketones (excluding diaryl/α,β-unsaturated/α-hetero) is 1. The third-order valence-corrected chi connectivity index (χ3v) is 15.1. The molecule has 8 atom stereocenters. The van der Waals surface area contributed by atoms with Crippen molar-refractivity contribution in [2.75, 3.05) is 35.8 Å². The summed E-state index contributed by atoms with van der Waals surface area (Å²) in [5, 5.41) is 22.7. The molecule has 0 spiro atoms. The van der Waals surface area contributed by atoms with Gasteiger partial charge in [-0.25, -0.2) is 29.5 Å². The van der Waals surface area contributed by atoms with Crippen LogP contribution in [0.5, 0.6) is 23.5 Å². The van der Waals surface area contributed by atoms with Gasteiger partial charge in [0.1, 0.15) is 82.7 Å². The van der Waals surface area contributed by atoms with Gasteiger partial charge in [0, 0.05) is 57.9 Å². The normalized spacial score (nSPS) is 19.2. The smallest absolute Gasteiger partial charge is 0.870 e. The van der Waals surface area contributed by atoms with Crippen molar-refractivity contribution in [3.63, 3.8) is 0 Å². The van der Waals surface area contributed by atoms with Gasteiger partial charge in [0.05, 0.1) is 12.8 Å². The first-order valence-corrected chi connectivity index (χ1v) is 31.9. The van der Waals surface area contributed by atoms with Crippen molar-refractivity contribution in [3.05, 3.63) is 174 Å². The van der Waals surface area contributed by atoms with Crippen molar-refractivity contribution in [1.82, 2.24) is 56.3 Å². The Labute approximate surface area is 618 Å². The van der Waals surface area contributed by atoms with Crippen molar-refractivity contribution >= 4 is 77.4 Å². The molecule has 104 heavy (non-hydrogen) atoms. The van der Waals surface area contributed by atoms with Gasteiger partial charge in [-0.3, -0.25) is 24.0 Å². The molecule has 0 unspecified atom stereocenters. The molecule has 32 nitrogen and oxygen atoms in total. The van der Waals surface area contributed by atoms with Crippen molar-refractivity contribution in [1.29, 1.82) is 0 Å². The zero-order valence-electron chi connectivity index (χ0n) is 59.8. The number of ether oxygens (including phenoxy) is 6. The van der Waals surface area contributed by atoms with E-state index in [9.17, 15) is 38.4 Å². The summed E-state index contributed by atoms with van der Waals surface area (Å²) >= 11 is 0. The number of aromatic nitrogens is 8. The minimum atomic E-state index is -0.939. The van der Waals surface area contributed by atoms with E-state index in [0.29, 0.717) is 65.2 Å². The van der Waals surface area contributed by atoms with Crippen LogP contribution in [0, 0.1) is 0 Å². The molecule has 548 valence electrons. The first-order valence-electron chi connectivity index (χ1n) is 31.9. The predicted octanol–water partition coefficient (Wildman–Crippen LogP) is 3.70. The summed E-state index contributed by atoms with van der Waals surface area (Å²) in [6.45, 7) is 17.5. The molecule has 6 aromatic heterocycles. The summed E-state index contributed by atoms with van der Waals surface area (Å²) in [4.78, 5) is 117. The molecule has 0 radical (unpaired) electrons. The van der Waals surface area contributed by atoms with Gasteiger partial charge < -0.3 is 83.9 Å². The number of rotatable bonds is 9. The number of nitrogens with one attached hydrogen (secondary N) is 3. The number of alkyl carbamates (subject to hydrolysis) is 2. The molecule has 4 aliphatic rings. The number of nitrogens with zero attached hydrogens (tertiary/aromatic N) is 11. The Morgan fingerprint density at radius 2 is 0.904 bits per heavy atom. The van der Waals surface area contributed by atoms with Crippen LogP contribution in [0.2, 0.25) is 0 Å². The fourth-order valence-corrected chi connectivity index (χ4v) is 9.94. The molecule has 4 aliphatic heterocycles. The van der Waals surface area contributed by atoms with Gasteiger partial charge in [0.2, 0.25) is 41.2 Å². The number of amides is 6. The maximum atomic E-state index is 12.9. The van der Waals surface area contributed by atoms with E-state index in [2.05, 4.69) is 56.3 Å². The van der Waals surface area contributed by atoms with E-state index in [-0.39, 0.29) is 84.6 Å². The number of hydrogen-bond donors (Lipinski definition) is 4. The summed E-state index contributed by atoms with van der Waals surface area (Å²) < 4.78 is 43.5. The molecule has 0 saturated heterocycles. The molecule has 2 aromatic carbocycles. The van der Waals surface area contributed by atoms with E-state index >= 15 is 0 Å². The van der Waals surface area contributed by atoms with Crippen LogP contribution in [0.3, 0.4) is 0 Å². The Balaban J connectivity index is 0.000000237. The summed E-state index contributed by atoms with van der Waals surface area (Å²) in [5.74, 6) is 0.463. The zero-order valence-corrected chi connectivity index (χ0v) is 60.6. The third kappa shape index (κ3) is 23.0. The van der Waals surface area contributed by atoms with Gasteiger partial charge in [0.25, 0.3) is 11.8 Å². The molecule has 12 rings (SSSR count). The summed E-state index contributed by atoms with van der Waals surface area (Å²) in [6.07, 6.45) is 5.69. The largest absolute Gasteiger partial charge is 1.00 e. The molecule has 10 heterocycles. The van der Waals surface area contributed by atoms with E-state index in [4.69, 9.17) is 43.0 Å².